The first-order valence-electron chi connectivity index (χ1n) is 8.15. The lowest BCUT2D eigenvalue weighted by molar-refractivity contribution is 0.0621. The normalized spacial score (nSPS) is 10.9. The Labute approximate surface area is 158 Å². The van der Waals surface area contributed by atoms with Gasteiger partial charge in [-0.1, -0.05) is 29.8 Å². The van der Waals surface area contributed by atoms with Crippen LogP contribution in [0.15, 0.2) is 22.7 Å². The molecule has 6 nitrogen and oxygen atoms in total. The van der Waals surface area contributed by atoms with Gasteiger partial charge in [0, 0.05) is 4.47 Å². The second kappa shape index (κ2) is 9.65. The third-order valence-corrected chi connectivity index (χ3v) is 2.75. The van der Waals surface area contributed by atoms with Crippen LogP contribution in [0.2, 0.25) is 0 Å². The average molecular weight is 417 g/mol. The van der Waals surface area contributed by atoms with Gasteiger partial charge in [-0.25, -0.2) is 9.59 Å². The quantitative estimate of drug-likeness (QED) is 0.603. The Morgan fingerprint density at radius 2 is 1.24 bits per heavy atom. The molecule has 0 unspecified atom stereocenters. The van der Waals surface area contributed by atoms with Gasteiger partial charge in [0.1, 0.15) is 11.2 Å². The van der Waals surface area contributed by atoms with Gasteiger partial charge in [0.2, 0.25) is 0 Å². The summed E-state index contributed by atoms with van der Waals surface area (Å²) in [5.41, 5.74) is -0.416. The Balaban J connectivity index is 0.00000277. The smallest absolute Gasteiger partial charge is 0.412 e. The van der Waals surface area contributed by atoms with Crippen LogP contribution in [0.4, 0.5) is 21.0 Å². The molecule has 0 fully saturated rings. The van der Waals surface area contributed by atoms with E-state index in [4.69, 9.17) is 9.47 Å². The number of carbonyl (C=O) groups excluding carboxylic acids is 2. The summed E-state index contributed by atoms with van der Waals surface area (Å²) in [5, 5.41) is 5.22. The Hall–Kier alpha value is -1.76. The Bertz CT molecular complexity index is 590. The minimum absolute atomic E-state index is 0.402. The molecule has 0 aliphatic carbocycles. The largest absolute Gasteiger partial charge is 0.444 e. The summed E-state index contributed by atoms with van der Waals surface area (Å²) >= 11 is 3.33. The standard InChI is InChI=1S/C16H23BrN2O4.C2H6/c1-15(2,3)22-13(20)18-11-8-7-10(17)9-12(11)19-14(21)23-16(4,5)6;1-2/h7-9H,1-6H3,(H,18,20)(H,19,21);1-2H3. The van der Waals surface area contributed by atoms with Crippen LogP contribution >= 0.6 is 15.9 Å². The summed E-state index contributed by atoms with van der Waals surface area (Å²) in [6.07, 6.45) is -1.21. The van der Waals surface area contributed by atoms with E-state index in [1.165, 1.54) is 0 Å². The number of benzene rings is 1. The summed E-state index contributed by atoms with van der Waals surface area (Å²) in [6.45, 7) is 14.6. The lowest BCUT2D eigenvalue weighted by Crippen LogP contribution is -2.29. The van der Waals surface area contributed by atoms with Crippen LogP contribution in [0.1, 0.15) is 55.4 Å². The van der Waals surface area contributed by atoms with Crippen molar-refractivity contribution >= 4 is 39.5 Å². The van der Waals surface area contributed by atoms with Gasteiger partial charge in [-0.2, -0.15) is 0 Å². The SMILES string of the molecule is CC.CC(C)(C)OC(=O)Nc1ccc(Br)cc1NC(=O)OC(C)(C)C. The fourth-order valence-corrected chi connectivity index (χ4v) is 1.92. The predicted molar refractivity (Wildman–Crippen MR) is 105 cm³/mol. The lowest BCUT2D eigenvalue weighted by atomic mass is 10.2. The Morgan fingerprint density at radius 3 is 1.64 bits per heavy atom. The predicted octanol–water partition coefficient (Wildman–Crippen LogP) is 6.17. The van der Waals surface area contributed by atoms with Crippen molar-refractivity contribution in [1.29, 1.82) is 0 Å². The van der Waals surface area contributed by atoms with Crippen molar-refractivity contribution in [2.45, 2.75) is 66.6 Å². The summed E-state index contributed by atoms with van der Waals surface area (Å²) in [7, 11) is 0. The number of hydrogen-bond donors (Lipinski definition) is 2. The summed E-state index contributed by atoms with van der Waals surface area (Å²) < 4.78 is 11.2. The molecule has 1 rings (SSSR count). The van der Waals surface area contributed by atoms with Crippen LogP contribution in [-0.4, -0.2) is 23.4 Å². The van der Waals surface area contributed by atoms with Crippen LogP contribution in [0.25, 0.3) is 0 Å². The highest BCUT2D eigenvalue weighted by atomic mass is 79.9. The molecule has 0 spiro atoms. The van der Waals surface area contributed by atoms with Crippen molar-refractivity contribution in [3.05, 3.63) is 22.7 Å². The maximum Gasteiger partial charge on any atom is 0.412 e. The lowest BCUT2D eigenvalue weighted by Gasteiger charge is -2.22. The first-order chi connectivity index (χ1) is 11.4. The molecule has 0 aliphatic rings. The molecule has 2 N–H and O–H groups in total. The van der Waals surface area contributed by atoms with Crippen molar-refractivity contribution in [2.24, 2.45) is 0 Å². The fraction of sp³-hybridized carbons (Fsp3) is 0.556. The summed E-state index contributed by atoms with van der Waals surface area (Å²) in [4.78, 5) is 23.8. The number of nitrogens with one attached hydrogen (secondary N) is 2. The van der Waals surface area contributed by atoms with E-state index in [-0.39, 0.29) is 0 Å². The zero-order valence-corrected chi connectivity index (χ0v) is 17.8. The molecule has 0 atom stereocenters. The molecule has 142 valence electrons. The number of ether oxygens (including phenoxy) is 2. The molecule has 0 aromatic heterocycles. The van der Waals surface area contributed by atoms with Gasteiger partial charge in [-0.15, -0.1) is 0 Å². The van der Waals surface area contributed by atoms with E-state index in [0.717, 1.165) is 4.47 Å². The number of anilines is 2. The molecule has 2 amide bonds. The van der Waals surface area contributed by atoms with Crippen LogP contribution < -0.4 is 10.6 Å². The molecule has 1 aromatic rings. The van der Waals surface area contributed by atoms with Crippen LogP contribution in [-0.2, 0) is 9.47 Å². The Morgan fingerprint density at radius 1 is 0.840 bits per heavy atom. The maximum atomic E-state index is 11.9. The van der Waals surface area contributed by atoms with Gasteiger partial charge in [-0.05, 0) is 59.7 Å². The first kappa shape index (κ1) is 23.2. The highest BCUT2D eigenvalue weighted by Crippen LogP contribution is 2.27. The summed E-state index contributed by atoms with van der Waals surface area (Å²) in [6, 6.07) is 5.06. The summed E-state index contributed by atoms with van der Waals surface area (Å²) in [5.74, 6) is 0. The number of halogens is 1. The maximum absolute atomic E-state index is 11.9. The van der Waals surface area contributed by atoms with Crippen molar-refractivity contribution in [3.8, 4) is 0 Å². The average Bonchev–Trinajstić information content (AvgIpc) is 2.40. The van der Waals surface area contributed by atoms with E-state index in [1.807, 2.05) is 13.8 Å². The monoisotopic (exact) mass is 416 g/mol. The van der Waals surface area contributed by atoms with Crippen molar-refractivity contribution in [1.82, 2.24) is 0 Å². The molecule has 0 bridgehead atoms. The number of rotatable bonds is 2. The van der Waals surface area contributed by atoms with Gasteiger partial charge in [0.15, 0.2) is 0 Å². The van der Waals surface area contributed by atoms with Gasteiger partial charge < -0.3 is 9.47 Å². The number of hydrogen-bond acceptors (Lipinski definition) is 4. The van der Waals surface area contributed by atoms with Crippen molar-refractivity contribution < 1.29 is 19.1 Å². The van der Waals surface area contributed by atoms with Crippen LogP contribution in [0, 0.1) is 0 Å². The Kier molecular flexibility index (Phi) is 8.97. The van der Waals surface area contributed by atoms with E-state index in [0.29, 0.717) is 11.4 Å². The second-order valence-corrected chi connectivity index (χ2v) is 7.86. The van der Waals surface area contributed by atoms with Gasteiger partial charge in [0.25, 0.3) is 0 Å². The third-order valence-electron chi connectivity index (χ3n) is 2.25. The van der Waals surface area contributed by atoms with Crippen LogP contribution in [0.5, 0.6) is 0 Å². The van der Waals surface area contributed by atoms with Gasteiger partial charge >= 0.3 is 12.2 Å². The molecule has 0 aliphatic heterocycles. The van der Waals surface area contributed by atoms with Gasteiger partial charge in [0.05, 0.1) is 11.4 Å². The van der Waals surface area contributed by atoms with E-state index in [1.54, 1.807) is 59.7 Å². The third kappa shape index (κ3) is 10.7. The van der Waals surface area contributed by atoms with E-state index in [2.05, 4.69) is 26.6 Å². The zero-order valence-electron chi connectivity index (χ0n) is 16.2. The molecule has 0 radical (unpaired) electrons. The second-order valence-electron chi connectivity index (χ2n) is 6.94. The molecule has 25 heavy (non-hydrogen) atoms. The number of carbonyl (C=O) groups is 2. The zero-order chi connectivity index (χ0) is 19.8. The molecular weight excluding hydrogens is 388 g/mol. The molecule has 7 heteroatoms. The van der Waals surface area contributed by atoms with E-state index in [9.17, 15) is 9.59 Å². The highest BCUT2D eigenvalue weighted by Gasteiger charge is 2.20. The molecular formula is C18H29BrN2O4. The van der Waals surface area contributed by atoms with Crippen LogP contribution in [0.3, 0.4) is 0 Å². The highest BCUT2D eigenvalue weighted by molar-refractivity contribution is 9.10. The topological polar surface area (TPSA) is 76.7 Å². The fourth-order valence-electron chi connectivity index (χ4n) is 1.56. The first-order valence-corrected chi connectivity index (χ1v) is 8.94. The van der Waals surface area contributed by atoms with Crippen molar-refractivity contribution in [2.75, 3.05) is 10.6 Å². The number of amides is 2. The van der Waals surface area contributed by atoms with E-state index < -0.39 is 23.4 Å². The van der Waals surface area contributed by atoms with E-state index >= 15 is 0 Å². The molecule has 0 heterocycles. The van der Waals surface area contributed by atoms with Gasteiger partial charge in [-0.3, -0.25) is 10.6 Å². The molecule has 0 saturated heterocycles. The molecule has 0 saturated carbocycles. The molecule has 1 aromatic carbocycles. The minimum atomic E-state index is -0.616. The van der Waals surface area contributed by atoms with Crippen molar-refractivity contribution in [3.63, 3.8) is 0 Å². The minimum Gasteiger partial charge on any atom is -0.444 e.